The molecule has 0 aliphatic carbocycles. The van der Waals surface area contributed by atoms with Gasteiger partial charge in [0, 0.05) is 4.47 Å². The summed E-state index contributed by atoms with van der Waals surface area (Å²) in [6, 6.07) is 3.63. The van der Waals surface area contributed by atoms with Crippen molar-refractivity contribution in [3.05, 3.63) is 27.7 Å². The van der Waals surface area contributed by atoms with Crippen LogP contribution >= 0.6 is 15.9 Å². The Kier molecular flexibility index (Phi) is 3.52. The van der Waals surface area contributed by atoms with Crippen LogP contribution in [0.1, 0.15) is 15.9 Å². The second kappa shape index (κ2) is 4.46. The van der Waals surface area contributed by atoms with E-state index >= 15 is 0 Å². The normalized spacial score (nSPS) is 9.71. The smallest absolute Gasteiger partial charge is 0.342 e. The molecule has 1 aromatic rings. The van der Waals surface area contributed by atoms with E-state index in [1.807, 2.05) is 13.0 Å². The van der Waals surface area contributed by atoms with Gasteiger partial charge in [-0.1, -0.05) is 0 Å². The van der Waals surface area contributed by atoms with E-state index in [1.54, 1.807) is 6.07 Å². The van der Waals surface area contributed by atoms with E-state index in [0.29, 0.717) is 15.8 Å². The largest absolute Gasteiger partial charge is 0.496 e. The topological polar surface area (TPSA) is 35.5 Å². The van der Waals surface area contributed by atoms with Crippen LogP contribution in [0.4, 0.5) is 0 Å². The molecule has 0 heterocycles. The van der Waals surface area contributed by atoms with Crippen molar-refractivity contribution in [3.8, 4) is 5.75 Å². The first kappa shape index (κ1) is 11.0. The number of rotatable bonds is 2. The molecule has 0 saturated heterocycles. The monoisotopic (exact) mass is 258 g/mol. The van der Waals surface area contributed by atoms with E-state index in [2.05, 4.69) is 20.7 Å². The number of benzene rings is 1. The van der Waals surface area contributed by atoms with Crippen LogP contribution < -0.4 is 4.74 Å². The van der Waals surface area contributed by atoms with E-state index in [0.717, 1.165) is 5.56 Å². The fraction of sp³-hybridized carbons (Fsp3) is 0.300. The van der Waals surface area contributed by atoms with Crippen LogP contribution in [0.15, 0.2) is 16.6 Å². The van der Waals surface area contributed by atoms with Crippen molar-refractivity contribution in [3.63, 3.8) is 0 Å². The molecule has 0 atom stereocenters. The third kappa shape index (κ3) is 2.07. The minimum atomic E-state index is -0.409. The Hall–Kier alpha value is -1.03. The van der Waals surface area contributed by atoms with Crippen molar-refractivity contribution in [2.45, 2.75) is 6.92 Å². The average Bonchev–Trinajstić information content (AvgIpc) is 2.15. The lowest BCUT2D eigenvalue weighted by Crippen LogP contribution is -2.05. The number of aryl methyl sites for hydroxylation is 1. The Balaban J connectivity index is 3.32. The number of esters is 1. The van der Waals surface area contributed by atoms with Crippen LogP contribution in [0.3, 0.4) is 0 Å². The summed E-state index contributed by atoms with van der Waals surface area (Å²) in [5.41, 5.74) is 1.43. The summed E-state index contributed by atoms with van der Waals surface area (Å²) in [6.07, 6.45) is 0. The Morgan fingerprint density at radius 2 is 2.00 bits per heavy atom. The van der Waals surface area contributed by atoms with Crippen LogP contribution in [0.2, 0.25) is 0 Å². The lowest BCUT2D eigenvalue weighted by Gasteiger charge is -2.09. The van der Waals surface area contributed by atoms with Gasteiger partial charge in [0.05, 0.1) is 14.2 Å². The van der Waals surface area contributed by atoms with Gasteiger partial charge in [-0.3, -0.25) is 0 Å². The maximum Gasteiger partial charge on any atom is 0.342 e. The minimum absolute atomic E-state index is 0.409. The van der Waals surface area contributed by atoms with Gasteiger partial charge in [0.25, 0.3) is 0 Å². The fourth-order valence-corrected chi connectivity index (χ4v) is 1.89. The lowest BCUT2D eigenvalue weighted by atomic mass is 10.1. The first-order chi connectivity index (χ1) is 6.60. The van der Waals surface area contributed by atoms with Gasteiger partial charge in [-0.05, 0) is 40.5 Å². The molecule has 0 aromatic heterocycles. The van der Waals surface area contributed by atoms with Crippen LogP contribution in [-0.2, 0) is 4.74 Å². The number of ether oxygens (including phenoxy) is 2. The van der Waals surface area contributed by atoms with Crippen molar-refractivity contribution in [1.29, 1.82) is 0 Å². The zero-order valence-electron chi connectivity index (χ0n) is 8.26. The van der Waals surface area contributed by atoms with Gasteiger partial charge >= 0.3 is 5.97 Å². The Labute approximate surface area is 91.1 Å². The third-order valence-electron chi connectivity index (χ3n) is 1.81. The number of carbonyl (C=O) groups is 1. The molecule has 0 bridgehead atoms. The summed E-state index contributed by atoms with van der Waals surface area (Å²) in [7, 11) is 2.86. The average molecular weight is 259 g/mol. The molecule has 14 heavy (non-hydrogen) atoms. The van der Waals surface area contributed by atoms with Crippen LogP contribution in [0.25, 0.3) is 0 Å². The van der Waals surface area contributed by atoms with E-state index in [1.165, 1.54) is 14.2 Å². The van der Waals surface area contributed by atoms with E-state index < -0.39 is 5.97 Å². The molecule has 4 heteroatoms. The van der Waals surface area contributed by atoms with Crippen LogP contribution in [-0.4, -0.2) is 20.2 Å². The van der Waals surface area contributed by atoms with E-state index in [4.69, 9.17) is 4.74 Å². The quantitative estimate of drug-likeness (QED) is 0.765. The number of hydrogen-bond donors (Lipinski definition) is 0. The molecule has 0 spiro atoms. The highest BCUT2D eigenvalue weighted by Crippen LogP contribution is 2.29. The van der Waals surface area contributed by atoms with E-state index in [9.17, 15) is 4.79 Å². The molecule has 0 N–H and O–H groups in total. The SMILES string of the molecule is COC(=O)c1c(Br)cc(C)cc1OC. The highest BCUT2D eigenvalue weighted by atomic mass is 79.9. The summed E-state index contributed by atoms with van der Waals surface area (Å²) in [6.45, 7) is 1.92. The molecule has 0 aliphatic rings. The molecule has 0 radical (unpaired) electrons. The standard InChI is InChI=1S/C10H11BrO3/c1-6-4-7(11)9(10(12)14-3)8(5-6)13-2/h4-5H,1-3H3. The molecule has 3 nitrogen and oxygen atoms in total. The summed E-state index contributed by atoms with van der Waals surface area (Å²) in [5.74, 6) is 0.109. The maximum atomic E-state index is 11.4. The highest BCUT2D eigenvalue weighted by molar-refractivity contribution is 9.10. The molecule has 0 saturated carbocycles. The zero-order chi connectivity index (χ0) is 10.7. The van der Waals surface area contributed by atoms with Gasteiger partial charge in [0.2, 0.25) is 0 Å². The summed E-state index contributed by atoms with van der Waals surface area (Å²) < 4.78 is 10.4. The van der Waals surface area contributed by atoms with Crippen molar-refractivity contribution < 1.29 is 14.3 Å². The summed E-state index contributed by atoms with van der Waals surface area (Å²) >= 11 is 3.30. The molecule has 76 valence electrons. The van der Waals surface area contributed by atoms with Crippen LogP contribution in [0, 0.1) is 6.92 Å². The molecule has 1 rings (SSSR count). The van der Waals surface area contributed by atoms with Gasteiger partial charge in [-0.15, -0.1) is 0 Å². The highest BCUT2D eigenvalue weighted by Gasteiger charge is 2.16. The lowest BCUT2D eigenvalue weighted by molar-refractivity contribution is 0.0596. The first-order valence-electron chi connectivity index (χ1n) is 4.02. The molecule has 1 aromatic carbocycles. The van der Waals surface area contributed by atoms with E-state index in [-0.39, 0.29) is 0 Å². The van der Waals surface area contributed by atoms with Crippen molar-refractivity contribution >= 4 is 21.9 Å². The van der Waals surface area contributed by atoms with Gasteiger partial charge in [0.15, 0.2) is 0 Å². The summed E-state index contributed by atoms with van der Waals surface area (Å²) in [5, 5.41) is 0. The molecule has 0 fully saturated rings. The predicted octanol–water partition coefficient (Wildman–Crippen LogP) is 2.55. The molecule has 0 amide bonds. The second-order valence-corrected chi connectivity index (χ2v) is 3.67. The molecular formula is C10H11BrO3. The van der Waals surface area contributed by atoms with Gasteiger partial charge in [-0.2, -0.15) is 0 Å². The number of halogens is 1. The van der Waals surface area contributed by atoms with Crippen molar-refractivity contribution in [2.24, 2.45) is 0 Å². The molecular weight excluding hydrogens is 248 g/mol. The van der Waals surface area contributed by atoms with Crippen LogP contribution in [0.5, 0.6) is 5.75 Å². The number of carbonyl (C=O) groups excluding carboxylic acids is 1. The zero-order valence-corrected chi connectivity index (χ0v) is 9.84. The number of methoxy groups -OCH3 is 2. The Bertz CT molecular complexity index is 361. The number of hydrogen-bond acceptors (Lipinski definition) is 3. The van der Waals surface area contributed by atoms with Gasteiger partial charge in [0.1, 0.15) is 11.3 Å². The molecule has 0 unspecified atom stereocenters. The fourth-order valence-electron chi connectivity index (χ4n) is 1.17. The Morgan fingerprint density at radius 3 is 2.50 bits per heavy atom. The summed E-state index contributed by atoms with van der Waals surface area (Å²) in [4.78, 5) is 11.4. The minimum Gasteiger partial charge on any atom is -0.496 e. The second-order valence-electron chi connectivity index (χ2n) is 2.82. The van der Waals surface area contributed by atoms with Crippen molar-refractivity contribution in [2.75, 3.05) is 14.2 Å². The Morgan fingerprint density at radius 1 is 1.36 bits per heavy atom. The predicted molar refractivity (Wildman–Crippen MR) is 56.8 cm³/mol. The molecule has 0 aliphatic heterocycles. The first-order valence-corrected chi connectivity index (χ1v) is 4.82. The maximum absolute atomic E-state index is 11.4. The van der Waals surface area contributed by atoms with Gasteiger partial charge in [-0.25, -0.2) is 4.79 Å². The third-order valence-corrected chi connectivity index (χ3v) is 2.43. The van der Waals surface area contributed by atoms with Gasteiger partial charge < -0.3 is 9.47 Å². The van der Waals surface area contributed by atoms with Crippen molar-refractivity contribution in [1.82, 2.24) is 0 Å².